The third-order valence-corrected chi connectivity index (χ3v) is 6.46. The summed E-state index contributed by atoms with van der Waals surface area (Å²) in [4.78, 5) is 10.7. The average molecular weight is 357 g/mol. The van der Waals surface area contributed by atoms with Crippen molar-refractivity contribution in [2.75, 3.05) is 0 Å². The molecule has 2 aliphatic heterocycles. The van der Waals surface area contributed by atoms with Crippen molar-refractivity contribution >= 4 is 11.4 Å². The van der Waals surface area contributed by atoms with Gasteiger partial charge in [-0.05, 0) is 50.7 Å². The molecular weight excluding hydrogens is 328 g/mol. The summed E-state index contributed by atoms with van der Waals surface area (Å²) >= 11 is 0. The van der Waals surface area contributed by atoms with Gasteiger partial charge in [-0.25, -0.2) is 0 Å². The summed E-state index contributed by atoms with van der Waals surface area (Å²) in [5.41, 5.74) is 7.67. The second-order valence-electron chi connectivity index (χ2n) is 9.19. The van der Waals surface area contributed by atoms with Crippen molar-refractivity contribution in [2.45, 2.75) is 69.9 Å². The van der Waals surface area contributed by atoms with Gasteiger partial charge in [-0.1, -0.05) is 67.8 Å². The Morgan fingerprint density at radius 2 is 1.22 bits per heavy atom. The van der Waals surface area contributed by atoms with Gasteiger partial charge in [-0.15, -0.1) is 0 Å². The molecule has 2 heteroatoms. The van der Waals surface area contributed by atoms with Gasteiger partial charge in [0.2, 0.25) is 0 Å². The minimum Gasteiger partial charge on any atom is -0.276 e. The summed E-state index contributed by atoms with van der Waals surface area (Å²) in [7, 11) is 0. The van der Waals surface area contributed by atoms with Gasteiger partial charge in [0.15, 0.2) is 0 Å². The first-order valence-corrected chi connectivity index (χ1v) is 10.4. The number of benzene rings is 2. The molecule has 27 heavy (non-hydrogen) atoms. The number of hydrogen-bond donors (Lipinski definition) is 0. The van der Waals surface area contributed by atoms with Gasteiger partial charge in [0.25, 0.3) is 0 Å². The molecule has 1 aliphatic carbocycles. The fourth-order valence-electron chi connectivity index (χ4n) is 5.23. The van der Waals surface area contributed by atoms with Crippen molar-refractivity contribution in [3.63, 3.8) is 0 Å². The molecule has 0 amide bonds. The molecule has 0 saturated heterocycles. The van der Waals surface area contributed by atoms with E-state index >= 15 is 0 Å². The first kappa shape index (κ1) is 16.9. The molecular formula is C25H28N2. The quantitative estimate of drug-likeness (QED) is 0.639. The molecule has 1 saturated carbocycles. The molecule has 1 spiro atoms. The van der Waals surface area contributed by atoms with E-state index in [4.69, 9.17) is 9.98 Å². The van der Waals surface area contributed by atoms with E-state index in [0.717, 1.165) is 24.3 Å². The maximum absolute atomic E-state index is 5.49. The lowest BCUT2D eigenvalue weighted by atomic mass is 9.73. The maximum Gasteiger partial charge on any atom is 0.0914 e. The Balaban J connectivity index is 1.72. The van der Waals surface area contributed by atoms with E-state index in [1.807, 2.05) is 0 Å². The summed E-state index contributed by atoms with van der Waals surface area (Å²) in [5, 5.41) is 0. The first-order valence-electron chi connectivity index (χ1n) is 10.4. The third kappa shape index (κ3) is 2.96. The lowest BCUT2D eigenvalue weighted by molar-refractivity contribution is 0.294. The molecule has 0 bridgehead atoms. The van der Waals surface area contributed by atoms with Crippen LogP contribution in [0.25, 0.3) is 0 Å². The largest absolute Gasteiger partial charge is 0.276 e. The van der Waals surface area contributed by atoms with Gasteiger partial charge in [-0.3, -0.25) is 9.98 Å². The standard InChI is InChI=1S/C25H28N2/c1-24(2)16-18-10-4-6-12-20(18)22(26-24)23-21-13-7-5-11-19(21)17-25(27-23)14-8-3-9-15-25/h4-7,10-13H,3,8-9,14-17H2,1-2H3. The number of fused-ring (bicyclic) bond motifs is 2. The van der Waals surface area contributed by atoms with Gasteiger partial charge >= 0.3 is 0 Å². The zero-order valence-electron chi connectivity index (χ0n) is 16.5. The van der Waals surface area contributed by atoms with Crippen molar-refractivity contribution in [1.82, 2.24) is 0 Å². The maximum atomic E-state index is 5.49. The zero-order chi connectivity index (χ0) is 18.5. The number of hydrogen-bond acceptors (Lipinski definition) is 2. The van der Waals surface area contributed by atoms with E-state index < -0.39 is 0 Å². The number of rotatable bonds is 1. The fourth-order valence-corrected chi connectivity index (χ4v) is 5.23. The smallest absolute Gasteiger partial charge is 0.0914 e. The Labute approximate surface area is 162 Å². The van der Waals surface area contributed by atoms with Crippen molar-refractivity contribution < 1.29 is 0 Å². The fraction of sp³-hybridized carbons (Fsp3) is 0.440. The monoisotopic (exact) mass is 356 g/mol. The minimum absolute atomic E-state index is 0.0843. The van der Waals surface area contributed by atoms with Crippen molar-refractivity contribution in [3.05, 3.63) is 70.8 Å². The molecule has 0 atom stereocenters. The molecule has 138 valence electrons. The van der Waals surface area contributed by atoms with Gasteiger partial charge in [0.1, 0.15) is 0 Å². The van der Waals surface area contributed by atoms with Crippen LogP contribution >= 0.6 is 0 Å². The predicted octanol–water partition coefficient (Wildman–Crippen LogP) is 5.56. The van der Waals surface area contributed by atoms with E-state index in [1.165, 1.54) is 54.4 Å². The van der Waals surface area contributed by atoms with Crippen LogP contribution in [0.15, 0.2) is 58.5 Å². The molecule has 5 rings (SSSR count). The molecule has 0 aromatic heterocycles. The molecule has 0 unspecified atom stereocenters. The summed E-state index contributed by atoms with van der Waals surface area (Å²) in [6.07, 6.45) is 8.45. The molecule has 2 aromatic rings. The van der Waals surface area contributed by atoms with E-state index in [9.17, 15) is 0 Å². The topological polar surface area (TPSA) is 24.7 Å². The second kappa shape index (κ2) is 6.15. The van der Waals surface area contributed by atoms with E-state index in [2.05, 4.69) is 62.4 Å². The van der Waals surface area contributed by atoms with Crippen LogP contribution in [-0.4, -0.2) is 22.5 Å². The SMILES string of the molecule is CC1(C)Cc2ccccc2C(C2=NC3(CCCCC3)Cc3ccccc32)=N1. The highest BCUT2D eigenvalue weighted by atomic mass is 14.9. The van der Waals surface area contributed by atoms with Crippen molar-refractivity contribution in [3.8, 4) is 0 Å². The molecule has 0 N–H and O–H groups in total. The van der Waals surface area contributed by atoms with Crippen LogP contribution in [0.3, 0.4) is 0 Å². The molecule has 0 radical (unpaired) electrons. The van der Waals surface area contributed by atoms with E-state index in [0.29, 0.717) is 0 Å². The van der Waals surface area contributed by atoms with Gasteiger partial charge in [-0.2, -0.15) is 0 Å². The van der Waals surface area contributed by atoms with Gasteiger partial charge in [0, 0.05) is 11.1 Å². The average Bonchev–Trinajstić information content (AvgIpc) is 2.66. The summed E-state index contributed by atoms with van der Waals surface area (Å²) in [6.45, 7) is 4.49. The molecule has 2 aromatic carbocycles. The molecule has 1 fully saturated rings. The lowest BCUT2D eigenvalue weighted by Crippen LogP contribution is -2.41. The Hall–Kier alpha value is -2.22. The van der Waals surface area contributed by atoms with Crippen LogP contribution in [-0.2, 0) is 12.8 Å². The minimum atomic E-state index is -0.0850. The normalized spacial score (nSPS) is 22.4. The van der Waals surface area contributed by atoms with Crippen LogP contribution in [0, 0.1) is 0 Å². The Morgan fingerprint density at radius 1 is 0.667 bits per heavy atom. The van der Waals surface area contributed by atoms with Crippen LogP contribution in [0.1, 0.15) is 68.2 Å². The Morgan fingerprint density at radius 3 is 1.89 bits per heavy atom. The highest BCUT2D eigenvalue weighted by Crippen LogP contribution is 2.40. The van der Waals surface area contributed by atoms with Crippen molar-refractivity contribution in [2.24, 2.45) is 9.98 Å². The Kier molecular flexibility index (Phi) is 3.86. The first-order chi connectivity index (χ1) is 13.1. The molecule has 2 nitrogen and oxygen atoms in total. The van der Waals surface area contributed by atoms with Crippen LogP contribution in [0.5, 0.6) is 0 Å². The van der Waals surface area contributed by atoms with Crippen molar-refractivity contribution in [1.29, 1.82) is 0 Å². The third-order valence-electron chi connectivity index (χ3n) is 6.46. The Bertz CT molecular complexity index is 942. The second-order valence-corrected chi connectivity index (χ2v) is 9.19. The summed E-state index contributed by atoms with van der Waals surface area (Å²) in [6, 6.07) is 17.7. The number of nitrogens with zero attached hydrogens (tertiary/aromatic N) is 2. The van der Waals surface area contributed by atoms with Crippen LogP contribution in [0.2, 0.25) is 0 Å². The highest BCUT2D eigenvalue weighted by molar-refractivity contribution is 6.54. The molecule has 2 heterocycles. The van der Waals surface area contributed by atoms with Gasteiger partial charge in [0.05, 0.1) is 22.5 Å². The van der Waals surface area contributed by atoms with E-state index in [1.54, 1.807) is 0 Å². The summed E-state index contributed by atoms with van der Waals surface area (Å²) in [5.74, 6) is 0. The molecule has 3 aliphatic rings. The van der Waals surface area contributed by atoms with Gasteiger partial charge < -0.3 is 0 Å². The predicted molar refractivity (Wildman–Crippen MR) is 113 cm³/mol. The van der Waals surface area contributed by atoms with Crippen LogP contribution in [0.4, 0.5) is 0 Å². The highest BCUT2D eigenvalue weighted by Gasteiger charge is 2.39. The zero-order valence-corrected chi connectivity index (χ0v) is 16.5. The summed E-state index contributed by atoms with van der Waals surface area (Å²) < 4.78 is 0. The number of aliphatic imine (C=N–C) groups is 2. The van der Waals surface area contributed by atoms with Crippen LogP contribution < -0.4 is 0 Å². The van der Waals surface area contributed by atoms with E-state index in [-0.39, 0.29) is 11.1 Å². The lowest BCUT2D eigenvalue weighted by Gasteiger charge is -2.39.